The molecule has 1 aliphatic heterocycles. The molecule has 2 aliphatic rings. The van der Waals surface area contributed by atoms with E-state index in [0.29, 0.717) is 11.6 Å². The molecule has 1 aromatic rings. The minimum atomic E-state index is -0.335. The lowest BCUT2D eigenvalue weighted by atomic mass is 10.1. The Hall–Kier alpha value is -1.14. The number of rotatable bonds is 5. The molecule has 1 heterocycles. The predicted molar refractivity (Wildman–Crippen MR) is 82.0 cm³/mol. The highest BCUT2D eigenvalue weighted by molar-refractivity contribution is 9.10. The molecule has 2 fully saturated rings. The smallest absolute Gasteiger partial charge is 0.293 e. The zero-order valence-corrected chi connectivity index (χ0v) is 12.8. The van der Waals surface area contributed by atoms with Crippen molar-refractivity contribution < 1.29 is 4.92 Å². The van der Waals surface area contributed by atoms with Crippen LogP contribution in [0, 0.1) is 16.0 Å². The Morgan fingerprint density at radius 1 is 1.40 bits per heavy atom. The van der Waals surface area contributed by atoms with Crippen LogP contribution in [0.25, 0.3) is 0 Å². The average Bonchev–Trinajstić information content (AvgIpc) is 3.17. The Kier molecular flexibility index (Phi) is 3.94. The third-order valence-corrected chi connectivity index (χ3v) is 4.61. The zero-order valence-electron chi connectivity index (χ0n) is 11.2. The van der Waals surface area contributed by atoms with E-state index in [2.05, 4.69) is 26.1 Å². The summed E-state index contributed by atoms with van der Waals surface area (Å²) < 4.78 is 0.732. The second-order valence-corrected chi connectivity index (χ2v) is 6.60. The SMILES string of the molecule is O=[N+]([O-])c1cc(Br)ccc1NCC1CCN(C2CC2)C1. The first-order chi connectivity index (χ1) is 9.63. The van der Waals surface area contributed by atoms with E-state index in [1.54, 1.807) is 12.1 Å². The minimum Gasteiger partial charge on any atom is -0.379 e. The molecule has 1 unspecified atom stereocenters. The molecular weight excluding hydrogens is 322 g/mol. The van der Waals surface area contributed by atoms with Crippen molar-refractivity contribution in [2.75, 3.05) is 25.0 Å². The number of benzene rings is 1. The molecule has 6 heteroatoms. The third-order valence-electron chi connectivity index (χ3n) is 4.12. The van der Waals surface area contributed by atoms with Crippen molar-refractivity contribution in [1.82, 2.24) is 4.90 Å². The first kappa shape index (κ1) is 13.8. The molecule has 1 N–H and O–H groups in total. The van der Waals surface area contributed by atoms with Gasteiger partial charge in [0.1, 0.15) is 5.69 Å². The first-order valence-electron chi connectivity index (χ1n) is 7.05. The van der Waals surface area contributed by atoms with E-state index in [9.17, 15) is 10.1 Å². The van der Waals surface area contributed by atoms with Crippen LogP contribution in [0.4, 0.5) is 11.4 Å². The van der Waals surface area contributed by atoms with Crippen molar-refractivity contribution in [2.45, 2.75) is 25.3 Å². The normalized spacial score (nSPS) is 22.9. The second kappa shape index (κ2) is 5.69. The monoisotopic (exact) mass is 339 g/mol. The van der Waals surface area contributed by atoms with Crippen molar-refractivity contribution in [2.24, 2.45) is 5.92 Å². The van der Waals surface area contributed by atoms with E-state index in [4.69, 9.17) is 0 Å². The standard InChI is InChI=1S/C14H18BrN3O2/c15-11-1-4-13(14(7-11)18(19)20)16-8-10-5-6-17(9-10)12-2-3-12/h1,4,7,10,12,16H,2-3,5-6,8-9H2. The van der Waals surface area contributed by atoms with E-state index in [-0.39, 0.29) is 10.6 Å². The number of halogens is 1. The Balaban J connectivity index is 1.59. The van der Waals surface area contributed by atoms with Gasteiger partial charge in [0.05, 0.1) is 4.92 Å². The molecule has 5 nitrogen and oxygen atoms in total. The molecule has 108 valence electrons. The van der Waals surface area contributed by atoms with Crippen molar-refractivity contribution in [1.29, 1.82) is 0 Å². The van der Waals surface area contributed by atoms with Gasteiger partial charge in [-0.05, 0) is 43.9 Å². The molecular formula is C14H18BrN3O2. The predicted octanol–water partition coefficient (Wildman–Crippen LogP) is 3.25. The number of nitrogens with one attached hydrogen (secondary N) is 1. The second-order valence-electron chi connectivity index (χ2n) is 5.68. The Labute approximate surface area is 126 Å². The van der Waals surface area contributed by atoms with Crippen LogP contribution in [-0.4, -0.2) is 35.5 Å². The number of likely N-dealkylation sites (tertiary alicyclic amines) is 1. The topological polar surface area (TPSA) is 58.4 Å². The Morgan fingerprint density at radius 2 is 2.20 bits per heavy atom. The van der Waals surface area contributed by atoms with Crippen LogP contribution >= 0.6 is 15.9 Å². The molecule has 0 radical (unpaired) electrons. The van der Waals surface area contributed by atoms with E-state index >= 15 is 0 Å². The van der Waals surface area contributed by atoms with Gasteiger partial charge in [0.15, 0.2) is 0 Å². The summed E-state index contributed by atoms with van der Waals surface area (Å²) in [5.41, 5.74) is 0.750. The molecule has 1 aromatic carbocycles. The summed E-state index contributed by atoms with van der Waals surface area (Å²) in [5, 5.41) is 14.3. The Bertz CT molecular complexity index is 519. The van der Waals surface area contributed by atoms with E-state index in [0.717, 1.165) is 23.6 Å². The maximum Gasteiger partial charge on any atom is 0.293 e. The highest BCUT2D eigenvalue weighted by atomic mass is 79.9. The molecule has 3 rings (SSSR count). The largest absolute Gasteiger partial charge is 0.379 e. The van der Waals surface area contributed by atoms with Gasteiger partial charge in [-0.1, -0.05) is 15.9 Å². The van der Waals surface area contributed by atoms with Crippen LogP contribution in [-0.2, 0) is 0 Å². The van der Waals surface area contributed by atoms with Crippen LogP contribution in [0.1, 0.15) is 19.3 Å². The molecule has 0 aromatic heterocycles. The maximum absolute atomic E-state index is 11.1. The third kappa shape index (κ3) is 3.12. The van der Waals surface area contributed by atoms with Gasteiger partial charge in [0, 0.05) is 29.7 Å². The molecule has 0 amide bonds. The highest BCUT2D eigenvalue weighted by Gasteiger charge is 2.34. The van der Waals surface area contributed by atoms with Gasteiger partial charge >= 0.3 is 0 Å². The van der Waals surface area contributed by atoms with Crippen LogP contribution in [0.15, 0.2) is 22.7 Å². The molecule has 1 aliphatic carbocycles. The van der Waals surface area contributed by atoms with Gasteiger partial charge in [0.2, 0.25) is 0 Å². The molecule has 1 saturated heterocycles. The van der Waals surface area contributed by atoms with Crippen LogP contribution in [0.3, 0.4) is 0 Å². The van der Waals surface area contributed by atoms with Gasteiger partial charge in [-0.3, -0.25) is 10.1 Å². The van der Waals surface area contributed by atoms with Crippen molar-refractivity contribution in [3.63, 3.8) is 0 Å². The summed E-state index contributed by atoms with van der Waals surface area (Å²) >= 11 is 3.27. The van der Waals surface area contributed by atoms with E-state index < -0.39 is 0 Å². The molecule has 0 bridgehead atoms. The van der Waals surface area contributed by atoms with Crippen molar-refractivity contribution in [3.05, 3.63) is 32.8 Å². The van der Waals surface area contributed by atoms with Gasteiger partial charge < -0.3 is 10.2 Å². The van der Waals surface area contributed by atoms with E-state index in [1.165, 1.54) is 25.8 Å². The molecule has 20 heavy (non-hydrogen) atoms. The lowest BCUT2D eigenvalue weighted by molar-refractivity contribution is -0.384. The van der Waals surface area contributed by atoms with Crippen molar-refractivity contribution in [3.8, 4) is 0 Å². The van der Waals surface area contributed by atoms with E-state index in [1.807, 2.05) is 6.07 Å². The molecule has 1 saturated carbocycles. The number of nitrogens with zero attached hydrogens (tertiary/aromatic N) is 2. The summed E-state index contributed by atoms with van der Waals surface area (Å²) in [7, 11) is 0. The summed E-state index contributed by atoms with van der Waals surface area (Å²) in [6.45, 7) is 3.12. The lowest BCUT2D eigenvalue weighted by Crippen LogP contribution is -2.24. The van der Waals surface area contributed by atoms with Crippen LogP contribution < -0.4 is 5.32 Å². The number of anilines is 1. The number of nitro benzene ring substituents is 1. The minimum absolute atomic E-state index is 0.136. The van der Waals surface area contributed by atoms with Gasteiger partial charge in [-0.25, -0.2) is 0 Å². The average molecular weight is 340 g/mol. The fourth-order valence-electron chi connectivity index (χ4n) is 2.86. The highest BCUT2D eigenvalue weighted by Crippen LogP contribution is 2.32. The lowest BCUT2D eigenvalue weighted by Gasteiger charge is -2.15. The first-order valence-corrected chi connectivity index (χ1v) is 7.84. The summed E-state index contributed by atoms with van der Waals surface area (Å²) in [6, 6.07) is 5.98. The maximum atomic E-state index is 11.1. The van der Waals surface area contributed by atoms with Crippen molar-refractivity contribution >= 4 is 27.3 Å². The van der Waals surface area contributed by atoms with Gasteiger partial charge in [-0.15, -0.1) is 0 Å². The number of hydrogen-bond donors (Lipinski definition) is 1. The summed E-state index contributed by atoms with van der Waals surface area (Å²) in [5.74, 6) is 0.596. The fourth-order valence-corrected chi connectivity index (χ4v) is 3.21. The van der Waals surface area contributed by atoms with Gasteiger partial charge in [0.25, 0.3) is 5.69 Å². The molecule has 1 atom stereocenters. The summed E-state index contributed by atoms with van der Waals surface area (Å²) in [4.78, 5) is 13.3. The van der Waals surface area contributed by atoms with Crippen LogP contribution in [0.2, 0.25) is 0 Å². The quantitative estimate of drug-likeness (QED) is 0.660. The molecule has 0 spiro atoms. The van der Waals surface area contributed by atoms with Crippen LogP contribution in [0.5, 0.6) is 0 Å². The number of nitro groups is 1. The van der Waals surface area contributed by atoms with Gasteiger partial charge in [-0.2, -0.15) is 0 Å². The Morgan fingerprint density at radius 3 is 2.90 bits per heavy atom. The zero-order chi connectivity index (χ0) is 14.1. The summed E-state index contributed by atoms with van der Waals surface area (Å²) in [6.07, 6.45) is 3.88. The fraction of sp³-hybridized carbons (Fsp3) is 0.571. The number of hydrogen-bond acceptors (Lipinski definition) is 4.